The van der Waals surface area contributed by atoms with Gasteiger partial charge in [0.1, 0.15) is 5.75 Å². The molecule has 11 nitrogen and oxygen atoms in total. The van der Waals surface area contributed by atoms with E-state index in [4.69, 9.17) is 23.7 Å². The first-order valence-electron chi connectivity index (χ1n) is 13.3. The maximum absolute atomic E-state index is 6.00. The van der Waals surface area contributed by atoms with Crippen molar-refractivity contribution >= 4 is 29.0 Å². The largest absolute Gasteiger partial charge is 0.495 e. The van der Waals surface area contributed by atoms with Gasteiger partial charge in [-0.05, 0) is 54.1 Å². The van der Waals surface area contributed by atoms with E-state index < -0.39 is 0 Å². The number of anilines is 5. The van der Waals surface area contributed by atoms with Gasteiger partial charge in [0.2, 0.25) is 11.9 Å². The second kappa shape index (κ2) is 13.5. The maximum Gasteiger partial charge on any atom is 0.323 e. The Morgan fingerprint density at radius 1 is 0.756 bits per heavy atom. The van der Waals surface area contributed by atoms with E-state index in [9.17, 15) is 0 Å². The molecule has 0 unspecified atom stereocenters. The number of aromatic nitrogens is 3. The molecule has 0 aliphatic carbocycles. The number of ether oxygens (including phenoxy) is 5. The topological polar surface area (TPSA) is 112 Å². The molecule has 2 N–H and O–H groups in total. The molecule has 11 heteroatoms. The predicted octanol–water partition coefficient (Wildman–Crippen LogP) is 4.84. The second-order valence-corrected chi connectivity index (χ2v) is 9.16. The highest BCUT2D eigenvalue weighted by Gasteiger charge is 2.18. The van der Waals surface area contributed by atoms with Gasteiger partial charge in [-0.2, -0.15) is 15.0 Å². The highest BCUT2D eigenvalue weighted by Crippen LogP contribution is 2.29. The van der Waals surface area contributed by atoms with E-state index >= 15 is 0 Å². The van der Waals surface area contributed by atoms with Crippen LogP contribution in [-0.2, 0) is 11.2 Å². The molecule has 0 saturated carbocycles. The van der Waals surface area contributed by atoms with E-state index in [1.54, 1.807) is 21.3 Å². The zero-order valence-electron chi connectivity index (χ0n) is 23.4. The number of hydrogen-bond acceptors (Lipinski definition) is 11. The number of nitrogens with one attached hydrogen (secondary N) is 2. The second-order valence-electron chi connectivity index (χ2n) is 9.16. The van der Waals surface area contributed by atoms with E-state index in [-0.39, 0.29) is 6.01 Å². The summed E-state index contributed by atoms with van der Waals surface area (Å²) in [6.07, 6.45) is 0.641. The fourth-order valence-corrected chi connectivity index (χ4v) is 4.34. The molecule has 0 spiro atoms. The lowest BCUT2D eigenvalue weighted by Crippen LogP contribution is -2.37. The van der Waals surface area contributed by atoms with Gasteiger partial charge in [0.25, 0.3) is 0 Å². The Hall–Kier alpha value is -4.77. The lowest BCUT2D eigenvalue weighted by molar-refractivity contribution is 0.122. The quantitative estimate of drug-likeness (QED) is 0.249. The molecular weight excluding hydrogens is 524 g/mol. The number of nitrogens with zero attached hydrogens (tertiary/aromatic N) is 4. The third kappa shape index (κ3) is 7.25. The maximum atomic E-state index is 6.00. The Bertz CT molecular complexity index is 1430. The fraction of sp³-hybridized carbons (Fsp3) is 0.300. The van der Waals surface area contributed by atoms with Crippen LogP contribution in [0.15, 0.2) is 66.7 Å². The van der Waals surface area contributed by atoms with Gasteiger partial charge in [0, 0.05) is 30.9 Å². The summed E-state index contributed by atoms with van der Waals surface area (Å²) in [4.78, 5) is 15.9. The smallest absolute Gasteiger partial charge is 0.323 e. The first kappa shape index (κ1) is 27.8. The number of methoxy groups -OCH3 is 3. The van der Waals surface area contributed by atoms with E-state index in [2.05, 4.69) is 30.5 Å². The SMILES string of the molecule is COc1ccccc1Nc1ccc(Nc2nc(OCCc3ccc(OC)c(OC)c3)nc(N3CCOCC3)n2)cc1. The summed E-state index contributed by atoms with van der Waals surface area (Å²) < 4.78 is 27.7. The lowest BCUT2D eigenvalue weighted by atomic mass is 10.1. The van der Waals surface area contributed by atoms with E-state index in [1.165, 1.54) is 0 Å². The minimum absolute atomic E-state index is 0.249. The Balaban J connectivity index is 1.29. The molecule has 214 valence electrons. The summed E-state index contributed by atoms with van der Waals surface area (Å²) in [5.41, 5.74) is 3.68. The minimum atomic E-state index is 0.249. The molecule has 1 saturated heterocycles. The Morgan fingerprint density at radius 2 is 1.46 bits per heavy atom. The van der Waals surface area contributed by atoms with Crippen molar-refractivity contribution in [3.05, 3.63) is 72.3 Å². The fourth-order valence-electron chi connectivity index (χ4n) is 4.34. The van der Waals surface area contributed by atoms with Gasteiger partial charge >= 0.3 is 6.01 Å². The monoisotopic (exact) mass is 558 g/mol. The Labute approximate surface area is 239 Å². The summed E-state index contributed by atoms with van der Waals surface area (Å²) in [5, 5.41) is 6.67. The van der Waals surface area contributed by atoms with Gasteiger partial charge in [-0.15, -0.1) is 0 Å². The molecule has 0 amide bonds. The molecule has 5 rings (SSSR count). The van der Waals surface area contributed by atoms with Crippen molar-refractivity contribution < 1.29 is 23.7 Å². The van der Waals surface area contributed by atoms with Gasteiger partial charge < -0.3 is 39.2 Å². The lowest BCUT2D eigenvalue weighted by Gasteiger charge is -2.27. The molecule has 41 heavy (non-hydrogen) atoms. The van der Waals surface area contributed by atoms with Crippen LogP contribution in [0.2, 0.25) is 0 Å². The molecule has 0 atom stereocenters. The van der Waals surface area contributed by atoms with Crippen molar-refractivity contribution in [2.75, 3.05) is 69.8 Å². The van der Waals surface area contributed by atoms with Crippen LogP contribution in [-0.4, -0.2) is 69.2 Å². The van der Waals surface area contributed by atoms with Crippen LogP contribution >= 0.6 is 0 Å². The molecule has 1 fully saturated rings. The molecule has 2 heterocycles. The third-order valence-electron chi connectivity index (χ3n) is 6.49. The van der Waals surface area contributed by atoms with Crippen molar-refractivity contribution in [1.82, 2.24) is 15.0 Å². The van der Waals surface area contributed by atoms with Gasteiger partial charge in [0.15, 0.2) is 11.5 Å². The average molecular weight is 559 g/mol. The molecule has 1 aliphatic rings. The molecule has 0 bridgehead atoms. The van der Waals surface area contributed by atoms with E-state index in [1.807, 2.05) is 66.7 Å². The molecular formula is C30H34N6O5. The number of morpholine rings is 1. The minimum Gasteiger partial charge on any atom is -0.495 e. The van der Waals surface area contributed by atoms with E-state index in [0.717, 1.165) is 28.4 Å². The average Bonchev–Trinajstić information content (AvgIpc) is 3.02. The Kier molecular flexibility index (Phi) is 9.17. The number of benzene rings is 3. The van der Waals surface area contributed by atoms with Crippen molar-refractivity contribution in [2.45, 2.75) is 6.42 Å². The number of para-hydroxylation sites is 2. The summed E-state index contributed by atoms with van der Waals surface area (Å²) in [7, 11) is 4.89. The van der Waals surface area contributed by atoms with Gasteiger partial charge in [-0.3, -0.25) is 0 Å². The van der Waals surface area contributed by atoms with Crippen molar-refractivity contribution in [3.8, 4) is 23.3 Å². The van der Waals surface area contributed by atoms with Crippen LogP contribution in [0.25, 0.3) is 0 Å². The van der Waals surface area contributed by atoms with Gasteiger partial charge in [-0.25, -0.2) is 0 Å². The Morgan fingerprint density at radius 3 is 2.20 bits per heavy atom. The zero-order valence-corrected chi connectivity index (χ0v) is 23.4. The van der Waals surface area contributed by atoms with Crippen LogP contribution in [0.5, 0.6) is 23.3 Å². The number of hydrogen-bond donors (Lipinski definition) is 2. The normalized spacial score (nSPS) is 12.9. The van der Waals surface area contributed by atoms with Crippen molar-refractivity contribution in [1.29, 1.82) is 0 Å². The predicted molar refractivity (Wildman–Crippen MR) is 158 cm³/mol. The van der Waals surface area contributed by atoms with Crippen LogP contribution in [0.1, 0.15) is 5.56 Å². The van der Waals surface area contributed by atoms with E-state index in [0.29, 0.717) is 62.7 Å². The zero-order chi connectivity index (χ0) is 28.4. The van der Waals surface area contributed by atoms with Crippen LogP contribution in [0.4, 0.5) is 29.0 Å². The highest BCUT2D eigenvalue weighted by atomic mass is 16.5. The van der Waals surface area contributed by atoms with Gasteiger partial charge in [0.05, 0.1) is 46.8 Å². The van der Waals surface area contributed by atoms with Crippen LogP contribution in [0, 0.1) is 0 Å². The summed E-state index contributed by atoms with van der Waals surface area (Å²) in [6, 6.07) is 21.7. The van der Waals surface area contributed by atoms with Crippen LogP contribution < -0.4 is 34.5 Å². The summed E-state index contributed by atoms with van der Waals surface area (Å²) in [5.74, 6) is 3.07. The highest BCUT2D eigenvalue weighted by molar-refractivity contribution is 5.68. The first-order chi connectivity index (χ1) is 20.1. The van der Waals surface area contributed by atoms with Crippen molar-refractivity contribution in [2.24, 2.45) is 0 Å². The summed E-state index contributed by atoms with van der Waals surface area (Å²) in [6.45, 7) is 3.00. The molecule has 0 radical (unpaired) electrons. The van der Waals surface area contributed by atoms with Gasteiger partial charge in [-0.1, -0.05) is 18.2 Å². The van der Waals surface area contributed by atoms with Crippen LogP contribution in [0.3, 0.4) is 0 Å². The first-order valence-corrected chi connectivity index (χ1v) is 13.3. The summed E-state index contributed by atoms with van der Waals surface area (Å²) >= 11 is 0. The molecule has 1 aliphatic heterocycles. The standard InChI is InChI=1S/C30H34N6O5/c1-37-25-7-5-4-6-24(25)31-22-9-11-23(12-10-22)32-28-33-29(36-15-18-40-19-16-36)35-30(34-28)41-17-14-21-8-13-26(38-2)27(20-21)39-3/h4-13,20,31H,14-19H2,1-3H3,(H,32,33,34,35). The third-order valence-corrected chi connectivity index (χ3v) is 6.49. The number of rotatable bonds is 12. The van der Waals surface area contributed by atoms with Crippen molar-refractivity contribution in [3.63, 3.8) is 0 Å². The molecule has 4 aromatic rings. The molecule has 1 aromatic heterocycles. The molecule has 3 aromatic carbocycles.